The molecule has 2 N–H and O–H groups in total. The SMILES string of the molecule is CC(N)C1CCN(C(=O)c2cccc3c2OCCO3)CC1.Cl. The fourth-order valence-corrected chi connectivity index (χ4v) is 3.04. The van der Waals surface area contributed by atoms with Gasteiger partial charge >= 0.3 is 0 Å². The predicted octanol–water partition coefficient (Wildman–Crippen LogP) is 2.08. The lowest BCUT2D eigenvalue weighted by Gasteiger charge is -2.34. The number of benzene rings is 1. The van der Waals surface area contributed by atoms with Crippen LogP contribution in [0, 0.1) is 5.92 Å². The Morgan fingerprint density at radius 2 is 1.95 bits per heavy atom. The number of piperidine rings is 1. The van der Waals surface area contributed by atoms with Crippen LogP contribution in [0.15, 0.2) is 18.2 Å². The third-order valence-corrected chi connectivity index (χ3v) is 4.37. The maximum absolute atomic E-state index is 12.7. The first-order valence-electron chi connectivity index (χ1n) is 7.60. The summed E-state index contributed by atoms with van der Waals surface area (Å²) in [5.41, 5.74) is 6.55. The van der Waals surface area contributed by atoms with E-state index in [4.69, 9.17) is 15.2 Å². The predicted molar refractivity (Wildman–Crippen MR) is 87.0 cm³/mol. The normalized spacial score (nSPS) is 19.3. The van der Waals surface area contributed by atoms with Gasteiger partial charge in [0, 0.05) is 19.1 Å². The number of hydrogen-bond acceptors (Lipinski definition) is 4. The molecule has 0 radical (unpaired) electrons. The van der Waals surface area contributed by atoms with Crippen LogP contribution < -0.4 is 15.2 Å². The maximum atomic E-state index is 12.7. The number of amides is 1. The van der Waals surface area contributed by atoms with Gasteiger partial charge in [0.1, 0.15) is 13.2 Å². The molecule has 0 aromatic heterocycles. The Kier molecular flexibility index (Phi) is 5.53. The van der Waals surface area contributed by atoms with Gasteiger partial charge in [0.2, 0.25) is 0 Å². The van der Waals surface area contributed by atoms with E-state index in [1.54, 1.807) is 0 Å². The first-order chi connectivity index (χ1) is 10.2. The number of fused-ring (bicyclic) bond motifs is 1. The molecule has 2 aliphatic rings. The molecule has 0 spiro atoms. The fourth-order valence-electron chi connectivity index (χ4n) is 3.04. The molecule has 2 aliphatic heterocycles. The summed E-state index contributed by atoms with van der Waals surface area (Å²) in [6.45, 7) is 4.58. The second-order valence-corrected chi connectivity index (χ2v) is 5.82. The average Bonchev–Trinajstić information content (AvgIpc) is 2.53. The van der Waals surface area contributed by atoms with Gasteiger partial charge in [-0.3, -0.25) is 4.79 Å². The summed E-state index contributed by atoms with van der Waals surface area (Å²) in [4.78, 5) is 14.6. The van der Waals surface area contributed by atoms with Crippen LogP contribution >= 0.6 is 12.4 Å². The monoisotopic (exact) mass is 326 g/mol. The molecule has 5 nitrogen and oxygen atoms in total. The molecule has 2 heterocycles. The Morgan fingerprint density at radius 3 is 2.64 bits per heavy atom. The molecule has 0 bridgehead atoms. The molecular formula is C16H23ClN2O3. The van der Waals surface area contributed by atoms with E-state index in [0.29, 0.717) is 36.2 Å². The summed E-state index contributed by atoms with van der Waals surface area (Å²) in [7, 11) is 0. The zero-order valence-corrected chi connectivity index (χ0v) is 13.6. The fraction of sp³-hybridized carbons (Fsp3) is 0.562. The minimum atomic E-state index is 0. The van der Waals surface area contributed by atoms with Crippen molar-refractivity contribution in [3.8, 4) is 11.5 Å². The van der Waals surface area contributed by atoms with Crippen molar-refractivity contribution in [1.82, 2.24) is 4.90 Å². The molecule has 3 rings (SSSR count). The summed E-state index contributed by atoms with van der Waals surface area (Å²) in [5, 5.41) is 0. The molecule has 1 unspecified atom stereocenters. The van der Waals surface area contributed by atoms with Gasteiger partial charge in [0.15, 0.2) is 11.5 Å². The van der Waals surface area contributed by atoms with E-state index in [0.717, 1.165) is 25.9 Å². The van der Waals surface area contributed by atoms with Crippen LogP contribution in [0.4, 0.5) is 0 Å². The van der Waals surface area contributed by atoms with Crippen LogP contribution in [-0.2, 0) is 0 Å². The van der Waals surface area contributed by atoms with E-state index in [-0.39, 0.29) is 24.4 Å². The second kappa shape index (κ2) is 7.20. The summed E-state index contributed by atoms with van der Waals surface area (Å²) in [6, 6.07) is 5.69. The summed E-state index contributed by atoms with van der Waals surface area (Å²) in [6.07, 6.45) is 1.94. The molecule has 6 heteroatoms. The quantitative estimate of drug-likeness (QED) is 0.903. The highest BCUT2D eigenvalue weighted by molar-refractivity contribution is 5.98. The van der Waals surface area contributed by atoms with Crippen LogP contribution in [0.1, 0.15) is 30.1 Å². The molecule has 1 aromatic rings. The molecule has 1 amide bonds. The van der Waals surface area contributed by atoms with Gasteiger partial charge in [-0.25, -0.2) is 0 Å². The van der Waals surface area contributed by atoms with E-state index in [2.05, 4.69) is 0 Å². The van der Waals surface area contributed by atoms with E-state index >= 15 is 0 Å². The number of nitrogens with zero attached hydrogens (tertiary/aromatic N) is 1. The zero-order valence-electron chi connectivity index (χ0n) is 12.8. The maximum Gasteiger partial charge on any atom is 0.257 e. The third kappa shape index (κ3) is 3.31. The van der Waals surface area contributed by atoms with Crippen LogP contribution in [0.2, 0.25) is 0 Å². The molecule has 1 aromatic carbocycles. The van der Waals surface area contributed by atoms with E-state index in [1.807, 2.05) is 30.0 Å². The van der Waals surface area contributed by atoms with Crippen molar-refractivity contribution in [3.05, 3.63) is 23.8 Å². The molecule has 22 heavy (non-hydrogen) atoms. The number of carbonyl (C=O) groups is 1. The summed E-state index contributed by atoms with van der Waals surface area (Å²) < 4.78 is 11.2. The van der Waals surface area contributed by atoms with E-state index in [1.165, 1.54) is 0 Å². The van der Waals surface area contributed by atoms with Gasteiger partial charge in [0.25, 0.3) is 5.91 Å². The molecule has 0 saturated carbocycles. The summed E-state index contributed by atoms with van der Waals surface area (Å²) >= 11 is 0. The van der Waals surface area contributed by atoms with Crippen molar-refractivity contribution in [2.45, 2.75) is 25.8 Å². The van der Waals surface area contributed by atoms with Crippen LogP contribution in [0.3, 0.4) is 0 Å². The Morgan fingerprint density at radius 1 is 1.27 bits per heavy atom. The van der Waals surface area contributed by atoms with Gasteiger partial charge in [-0.05, 0) is 37.8 Å². The standard InChI is InChI=1S/C16H22N2O3.ClH/c1-11(17)12-5-7-18(8-6-12)16(19)13-3-2-4-14-15(13)21-10-9-20-14;/h2-4,11-12H,5-10,17H2,1H3;1H. The number of rotatable bonds is 2. The number of carbonyl (C=O) groups excluding carboxylic acids is 1. The van der Waals surface area contributed by atoms with Crippen molar-refractivity contribution in [1.29, 1.82) is 0 Å². The van der Waals surface area contributed by atoms with Gasteiger partial charge in [0.05, 0.1) is 5.56 Å². The van der Waals surface area contributed by atoms with E-state index in [9.17, 15) is 4.79 Å². The zero-order chi connectivity index (χ0) is 14.8. The molecule has 1 atom stereocenters. The lowest BCUT2D eigenvalue weighted by atomic mass is 9.90. The number of likely N-dealkylation sites (tertiary alicyclic amines) is 1. The third-order valence-electron chi connectivity index (χ3n) is 4.37. The highest BCUT2D eigenvalue weighted by Crippen LogP contribution is 2.34. The van der Waals surface area contributed by atoms with Crippen LogP contribution in [-0.4, -0.2) is 43.2 Å². The molecular weight excluding hydrogens is 304 g/mol. The minimum absolute atomic E-state index is 0. The van der Waals surface area contributed by atoms with E-state index < -0.39 is 0 Å². The Labute approximate surface area is 137 Å². The topological polar surface area (TPSA) is 64.8 Å². The number of halogens is 1. The average molecular weight is 327 g/mol. The van der Waals surface area contributed by atoms with Crippen molar-refractivity contribution >= 4 is 18.3 Å². The smallest absolute Gasteiger partial charge is 0.257 e. The van der Waals surface area contributed by atoms with Crippen LogP contribution in [0.5, 0.6) is 11.5 Å². The van der Waals surface area contributed by atoms with Crippen molar-refractivity contribution in [3.63, 3.8) is 0 Å². The molecule has 1 saturated heterocycles. The van der Waals surface area contributed by atoms with Crippen molar-refractivity contribution < 1.29 is 14.3 Å². The first-order valence-corrected chi connectivity index (χ1v) is 7.60. The number of para-hydroxylation sites is 1. The lowest BCUT2D eigenvalue weighted by molar-refractivity contribution is 0.0671. The highest BCUT2D eigenvalue weighted by atomic mass is 35.5. The lowest BCUT2D eigenvalue weighted by Crippen LogP contribution is -2.42. The highest BCUT2D eigenvalue weighted by Gasteiger charge is 2.28. The van der Waals surface area contributed by atoms with Gasteiger partial charge in [-0.2, -0.15) is 0 Å². The van der Waals surface area contributed by atoms with Crippen molar-refractivity contribution in [2.75, 3.05) is 26.3 Å². The van der Waals surface area contributed by atoms with Gasteiger partial charge in [-0.15, -0.1) is 12.4 Å². The molecule has 1 fully saturated rings. The second-order valence-electron chi connectivity index (χ2n) is 5.82. The Hall–Kier alpha value is -1.46. The summed E-state index contributed by atoms with van der Waals surface area (Å²) in [5.74, 6) is 1.79. The minimum Gasteiger partial charge on any atom is -0.486 e. The number of hydrogen-bond donors (Lipinski definition) is 1. The Balaban J connectivity index is 0.00000176. The van der Waals surface area contributed by atoms with Crippen molar-refractivity contribution in [2.24, 2.45) is 11.7 Å². The van der Waals surface area contributed by atoms with Gasteiger partial charge in [-0.1, -0.05) is 6.07 Å². The number of ether oxygens (including phenoxy) is 2. The molecule has 122 valence electrons. The number of nitrogens with two attached hydrogens (primary N) is 1. The van der Waals surface area contributed by atoms with Gasteiger partial charge < -0.3 is 20.1 Å². The molecule has 0 aliphatic carbocycles. The first kappa shape index (κ1) is 16.9. The largest absolute Gasteiger partial charge is 0.486 e. The van der Waals surface area contributed by atoms with Crippen LogP contribution in [0.25, 0.3) is 0 Å². The Bertz CT molecular complexity index is 528.